The number of nitrogens with zero attached hydrogens (tertiary/aromatic N) is 3. The number of rotatable bonds is 4. The highest BCUT2D eigenvalue weighted by molar-refractivity contribution is 6.39. The molecule has 2 amide bonds. The SMILES string of the molecule is CN=C(C1=C(N)C(C)N(C(=O)c2cc(F)cc(C3=CC(Cl)C(=O)N=C3)c2Cl)CC1)c1cc(F)cc(F)c1. The van der Waals surface area contributed by atoms with Crippen molar-refractivity contribution in [3.05, 3.63) is 86.8 Å². The number of carbonyl (C=O) groups excluding carboxylic acids is 2. The summed E-state index contributed by atoms with van der Waals surface area (Å²) in [6.45, 7) is 1.84. The molecule has 0 aromatic heterocycles. The van der Waals surface area contributed by atoms with Gasteiger partial charge in [-0.05, 0) is 49.3 Å². The Labute approximate surface area is 221 Å². The maximum atomic E-state index is 14.6. The van der Waals surface area contributed by atoms with Crippen molar-refractivity contribution in [3.8, 4) is 0 Å². The molecule has 2 heterocycles. The van der Waals surface area contributed by atoms with Crippen molar-refractivity contribution in [2.75, 3.05) is 13.6 Å². The molecule has 2 aliphatic heterocycles. The zero-order valence-electron chi connectivity index (χ0n) is 19.7. The van der Waals surface area contributed by atoms with E-state index in [1.807, 2.05) is 0 Å². The van der Waals surface area contributed by atoms with Gasteiger partial charge in [-0.25, -0.2) is 18.2 Å². The number of dihydropyridines is 1. The Morgan fingerprint density at radius 1 is 1.14 bits per heavy atom. The second kappa shape index (κ2) is 10.5. The first-order valence-electron chi connectivity index (χ1n) is 11.2. The molecular formula is C26H21Cl2F3N4O2. The van der Waals surface area contributed by atoms with Crippen LogP contribution in [0, 0.1) is 17.5 Å². The topological polar surface area (TPSA) is 88.1 Å². The van der Waals surface area contributed by atoms with E-state index in [4.69, 9.17) is 28.9 Å². The van der Waals surface area contributed by atoms with Crippen LogP contribution in [0.5, 0.6) is 0 Å². The van der Waals surface area contributed by atoms with Crippen LogP contribution >= 0.6 is 23.2 Å². The minimum absolute atomic E-state index is 0.0334. The van der Waals surface area contributed by atoms with Gasteiger partial charge in [-0.1, -0.05) is 11.6 Å². The fourth-order valence-corrected chi connectivity index (χ4v) is 4.89. The second-order valence-corrected chi connectivity index (χ2v) is 9.37. The van der Waals surface area contributed by atoms with Gasteiger partial charge in [0.15, 0.2) is 0 Å². The molecular weight excluding hydrogens is 528 g/mol. The van der Waals surface area contributed by atoms with Crippen LogP contribution in [-0.4, -0.2) is 53.7 Å². The van der Waals surface area contributed by atoms with Crippen LogP contribution in [0.4, 0.5) is 13.2 Å². The zero-order valence-corrected chi connectivity index (χ0v) is 21.2. The second-order valence-electron chi connectivity index (χ2n) is 8.52. The van der Waals surface area contributed by atoms with Gasteiger partial charge in [-0.15, -0.1) is 11.6 Å². The largest absolute Gasteiger partial charge is 0.400 e. The molecule has 4 rings (SSSR count). The summed E-state index contributed by atoms with van der Waals surface area (Å²) in [5.74, 6) is -3.36. The molecule has 2 aromatic carbocycles. The third kappa shape index (κ3) is 5.19. The molecule has 0 radical (unpaired) electrons. The highest BCUT2D eigenvalue weighted by Crippen LogP contribution is 2.33. The number of allylic oxidation sites excluding steroid dienone is 1. The van der Waals surface area contributed by atoms with Crippen LogP contribution in [0.2, 0.25) is 5.02 Å². The van der Waals surface area contributed by atoms with Crippen LogP contribution in [0.15, 0.2) is 57.7 Å². The van der Waals surface area contributed by atoms with Gasteiger partial charge < -0.3 is 10.6 Å². The molecule has 0 spiro atoms. The summed E-state index contributed by atoms with van der Waals surface area (Å²) in [6, 6.07) is 4.57. The van der Waals surface area contributed by atoms with Crippen molar-refractivity contribution < 1.29 is 22.8 Å². The predicted molar refractivity (Wildman–Crippen MR) is 138 cm³/mol. The van der Waals surface area contributed by atoms with Gasteiger partial charge in [0.25, 0.3) is 11.8 Å². The first-order chi connectivity index (χ1) is 17.5. The van der Waals surface area contributed by atoms with Crippen LogP contribution in [0.1, 0.15) is 34.8 Å². The van der Waals surface area contributed by atoms with Crippen molar-refractivity contribution in [3.63, 3.8) is 0 Å². The predicted octanol–water partition coefficient (Wildman–Crippen LogP) is 4.93. The maximum Gasteiger partial charge on any atom is 0.267 e. The minimum Gasteiger partial charge on any atom is -0.400 e. The third-order valence-corrected chi connectivity index (χ3v) is 6.97. The number of alkyl halides is 1. The van der Waals surface area contributed by atoms with Crippen molar-refractivity contribution >= 4 is 52.5 Å². The lowest BCUT2D eigenvalue weighted by Crippen LogP contribution is -2.46. The Morgan fingerprint density at radius 2 is 1.78 bits per heavy atom. The highest BCUT2D eigenvalue weighted by atomic mass is 35.5. The summed E-state index contributed by atoms with van der Waals surface area (Å²) in [4.78, 5) is 34.4. The lowest BCUT2D eigenvalue weighted by molar-refractivity contribution is -0.116. The quantitative estimate of drug-likeness (QED) is 0.434. The van der Waals surface area contributed by atoms with E-state index in [9.17, 15) is 22.8 Å². The number of carbonyl (C=O) groups is 2. The first kappa shape index (κ1) is 26.6. The summed E-state index contributed by atoms with van der Waals surface area (Å²) >= 11 is 12.5. The van der Waals surface area contributed by atoms with Gasteiger partial charge in [0.2, 0.25) is 0 Å². The summed E-state index contributed by atoms with van der Waals surface area (Å²) in [6.07, 6.45) is 2.83. The molecule has 0 aliphatic carbocycles. The molecule has 192 valence electrons. The first-order valence-corrected chi connectivity index (χ1v) is 12.0. The lowest BCUT2D eigenvalue weighted by atomic mass is 9.91. The van der Waals surface area contributed by atoms with E-state index in [2.05, 4.69) is 9.98 Å². The van der Waals surface area contributed by atoms with Crippen molar-refractivity contribution in [1.29, 1.82) is 0 Å². The Bertz CT molecular complexity index is 1410. The van der Waals surface area contributed by atoms with Gasteiger partial charge in [0, 0.05) is 48.3 Å². The van der Waals surface area contributed by atoms with Gasteiger partial charge in [-0.2, -0.15) is 0 Å². The van der Waals surface area contributed by atoms with Crippen LogP contribution < -0.4 is 5.73 Å². The number of halogens is 5. The molecule has 37 heavy (non-hydrogen) atoms. The number of hydrogen-bond donors (Lipinski definition) is 1. The molecule has 2 N–H and O–H groups in total. The average molecular weight is 549 g/mol. The van der Waals surface area contributed by atoms with E-state index >= 15 is 0 Å². The molecule has 2 aromatic rings. The third-order valence-electron chi connectivity index (χ3n) is 6.25. The molecule has 2 aliphatic rings. The van der Waals surface area contributed by atoms with Gasteiger partial charge >= 0.3 is 0 Å². The van der Waals surface area contributed by atoms with E-state index in [0.29, 0.717) is 16.9 Å². The summed E-state index contributed by atoms with van der Waals surface area (Å²) in [5.41, 5.74) is 8.13. The molecule has 6 nitrogen and oxygen atoms in total. The van der Waals surface area contributed by atoms with Gasteiger partial charge in [-0.3, -0.25) is 14.6 Å². The van der Waals surface area contributed by atoms with Crippen molar-refractivity contribution in [2.24, 2.45) is 15.7 Å². The van der Waals surface area contributed by atoms with Gasteiger partial charge in [0.1, 0.15) is 22.8 Å². The molecule has 0 bridgehead atoms. The highest BCUT2D eigenvalue weighted by Gasteiger charge is 2.33. The lowest BCUT2D eigenvalue weighted by Gasteiger charge is -2.36. The van der Waals surface area contributed by atoms with E-state index in [1.165, 1.54) is 24.2 Å². The Hall–Kier alpha value is -3.43. The van der Waals surface area contributed by atoms with E-state index < -0.39 is 40.7 Å². The van der Waals surface area contributed by atoms with Crippen LogP contribution in [0.25, 0.3) is 5.57 Å². The Balaban J connectivity index is 1.68. The Kier molecular flexibility index (Phi) is 7.57. The summed E-state index contributed by atoms with van der Waals surface area (Å²) in [5, 5.41) is -1.07. The average Bonchev–Trinajstić information content (AvgIpc) is 2.84. The standard InChI is InChI=1S/C26H21Cl2F3N4O2/c1-12-23(32)18(24(33-2)13-5-15(29)8-16(30)6-13)3-4-35(12)26(37)20-10-17(31)9-19(22(20)28)14-7-21(27)25(36)34-11-14/h5-12,21H,3-4,32H2,1-2H3. The number of benzene rings is 2. The van der Waals surface area contributed by atoms with E-state index in [0.717, 1.165) is 30.3 Å². The normalized spacial score (nSPS) is 20.4. The number of nitrogens with two attached hydrogens (primary N) is 1. The van der Waals surface area contributed by atoms with E-state index in [-0.39, 0.29) is 40.4 Å². The number of hydrogen-bond acceptors (Lipinski definition) is 4. The molecule has 2 unspecified atom stereocenters. The summed E-state index contributed by atoms with van der Waals surface area (Å²) < 4.78 is 42.2. The fraction of sp³-hybridized carbons (Fsp3) is 0.231. The van der Waals surface area contributed by atoms with Gasteiger partial charge in [0.05, 0.1) is 22.3 Å². The van der Waals surface area contributed by atoms with Crippen molar-refractivity contribution in [2.45, 2.75) is 24.8 Å². The number of amides is 2. The molecule has 0 saturated heterocycles. The zero-order chi connectivity index (χ0) is 27.0. The molecule has 11 heteroatoms. The maximum absolute atomic E-state index is 14.6. The monoisotopic (exact) mass is 548 g/mol. The summed E-state index contributed by atoms with van der Waals surface area (Å²) in [7, 11) is 1.48. The number of aliphatic imine (C=N–C) groups is 2. The van der Waals surface area contributed by atoms with Crippen LogP contribution in [-0.2, 0) is 4.79 Å². The molecule has 0 fully saturated rings. The fourth-order valence-electron chi connectivity index (χ4n) is 4.40. The van der Waals surface area contributed by atoms with Crippen molar-refractivity contribution in [1.82, 2.24) is 4.90 Å². The van der Waals surface area contributed by atoms with Crippen LogP contribution in [0.3, 0.4) is 0 Å². The smallest absolute Gasteiger partial charge is 0.267 e. The molecule has 0 saturated carbocycles. The Morgan fingerprint density at radius 3 is 2.41 bits per heavy atom. The van der Waals surface area contributed by atoms with E-state index in [1.54, 1.807) is 6.92 Å². The molecule has 2 atom stereocenters. The minimum atomic E-state index is -1.04.